The zero-order valence-electron chi connectivity index (χ0n) is 24.0. The molecule has 1 fully saturated rings. The first kappa shape index (κ1) is 27.7. The van der Waals surface area contributed by atoms with Crippen molar-refractivity contribution in [3.8, 4) is 5.75 Å². The van der Waals surface area contributed by atoms with Gasteiger partial charge in [0.05, 0.1) is 25.7 Å². The van der Waals surface area contributed by atoms with E-state index in [1.165, 1.54) is 16.3 Å². The fourth-order valence-corrected chi connectivity index (χ4v) is 5.77. The number of carbonyl (C=O) groups is 1. The minimum Gasteiger partial charge on any atom is -0.497 e. The minimum atomic E-state index is -0.336. The van der Waals surface area contributed by atoms with E-state index in [0.717, 1.165) is 60.8 Å². The maximum absolute atomic E-state index is 13.4. The van der Waals surface area contributed by atoms with Gasteiger partial charge >= 0.3 is 0 Å². The third-order valence-corrected chi connectivity index (χ3v) is 8.09. The predicted octanol–water partition coefficient (Wildman–Crippen LogP) is 5.43. The summed E-state index contributed by atoms with van der Waals surface area (Å²) in [4.78, 5) is 13.4. The number of rotatable bonds is 11. The summed E-state index contributed by atoms with van der Waals surface area (Å²) in [5.41, 5.74) is 3.51. The molecular weight excluding hydrogens is 522 g/mol. The highest BCUT2D eigenvalue weighted by atomic mass is 16.5. The van der Waals surface area contributed by atoms with E-state index < -0.39 is 0 Å². The van der Waals surface area contributed by atoms with Crippen LogP contribution in [0.2, 0.25) is 0 Å². The van der Waals surface area contributed by atoms with Gasteiger partial charge in [-0.05, 0) is 71.8 Å². The van der Waals surface area contributed by atoms with Gasteiger partial charge in [0.15, 0.2) is 5.82 Å². The summed E-state index contributed by atoms with van der Waals surface area (Å²) in [6, 6.07) is 32.9. The van der Waals surface area contributed by atoms with Gasteiger partial charge in [0.2, 0.25) is 5.91 Å². The van der Waals surface area contributed by atoms with Gasteiger partial charge < -0.3 is 19.9 Å². The number of methoxy groups -OCH3 is 1. The van der Waals surface area contributed by atoms with Crippen molar-refractivity contribution < 1.29 is 9.53 Å². The van der Waals surface area contributed by atoms with Gasteiger partial charge in [0, 0.05) is 6.42 Å². The van der Waals surface area contributed by atoms with Crippen molar-refractivity contribution in [1.82, 2.24) is 25.4 Å². The SMILES string of the molecule is COc1ccc(Cn2c(CCc3ccccc3)nnc2C(Cc2ccc3ccccc3c2)NC(=O)C2CCCN2)cc1. The fourth-order valence-electron chi connectivity index (χ4n) is 5.77. The highest BCUT2D eigenvalue weighted by molar-refractivity contribution is 5.83. The summed E-state index contributed by atoms with van der Waals surface area (Å²) >= 11 is 0. The van der Waals surface area contributed by atoms with E-state index in [1.54, 1.807) is 7.11 Å². The van der Waals surface area contributed by atoms with Crippen molar-refractivity contribution in [2.75, 3.05) is 13.7 Å². The Balaban J connectivity index is 1.35. The molecule has 7 heteroatoms. The Hall–Kier alpha value is -4.49. The second kappa shape index (κ2) is 13.0. The average molecular weight is 560 g/mol. The second-order valence-corrected chi connectivity index (χ2v) is 11.0. The second-order valence-electron chi connectivity index (χ2n) is 11.0. The molecule has 0 aliphatic carbocycles. The average Bonchev–Trinajstić information content (AvgIpc) is 3.72. The zero-order valence-corrected chi connectivity index (χ0v) is 24.0. The van der Waals surface area contributed by atoms with E-state index >= 15 is 0 Å². The topological polar surface area (TPSA) is 81.1 Å². The van der Waals surface area contributed by atoms with Crippen LogP contribution in [0.1, 0.15) is 47.2 Å². The Morgan fingerprint density at radius 3 is 2.43 bits per heavy atom. The van der Waals surface area contributed by atoms with E-state index in [4.69, 9.17) is 14.9 Å². The molecular formula is C35H37N5O2. The van der Waals surface area contributed by atoms with Gasteiger partial charge in [-0.15, -0.1) is 10.2 Å². The molecule has 0 saturated carbocycles. The number of nitrogens with one attached hydrogen (secondary N) is 2. The van der Waals surface area contributed by atoms with Crippen LogP contribution in [0.15, 0.2) is 97.1 Å². The van der Waals surface area contributed by atoms with Crippen LogP contribution in [0.3, 0.4) is 0 Å². The summed E-state index contributed by atoms with van der Waals surface area (Å²) in [6.07, 6.45) is 4.06. The summed E-state index contributed by atoms with van der Waals surface area (Å²) in [5.74, 6) is 2.51. The smallest absolute Gasteiger partial charge is 0.237 e. The van der Waals surface area contributed by atoms with E-state index in [-0.39, 0.29) is 18.0 Å². The predicted molar refractivity (Wildman–Crippen MR) is 166 cm³/mol. The number of aromatic nitrogens is 3. The first-order chi connectivity index (χ1) is 20.7. The molecule has 42 heavy (non-hydrogen) atoms. The Labute approximate surface area is 246 Å². The van der Waals surface area contributed by atoms with Crippen LogP contribution in [0.5, 0.6) is 5.75 Å². The number of benzene rings is 4. The van der Waals surface area contributed by atoms with Gasteiger partial charge in [-0.2, -0.15) is 0 Å². The molecule has 4 aromatic carbocycles. The van der Waals surface area contributed by atoms with E-state index in [0.29, 0.717) is 13.0 Å². The number of nitrogens with zero attached hydrogens (tertiary/aromatic N) is 3. The van der Waals surface area contributed by atoms with E-state index in [1.807, 2.05) is 18.2 Å². The number of fused-ring (bicyclic) bond motifs is 1. The molecule has 5 aromatic rings. The Morgan fingerprint density at radius 1 is 0.905 bits per heavy atom. The lowest BCUT2D eigenvalue weighted by atomic mass is 10.0. The Kier molecular flexibility index (Phi) is 8.56. The fraction of sp³-hybridized carbons (Fsp3) is 0.286. The molecule has 7 nitrogen and oxygen atoms in total. The molecule has 6 rings (SSSR count). The first-order valence-electron chi connectivity index (χ1n) is 14.8. The maximum Gasteiger partial charge on any atom is 0.237 e. The number of aryl methyl sites for hydroxylation is 2. The number of hydrogen-bond acceptors (Lipinski definition) is 5. The molecule has 1 aliphatic heterocycles. The quantitative estimate of drug-likeness (QED) is 0.226. The zero-order chi connectivity index (χ0) is 28.7. The normalized spacial score (nSPS) is 15.5. The van der Waals surface area contributed by atoms with Gasteiger partial charge in [-0.1, -0.05) is 84.9 Å². The van der Waals surface area contributed by atoms with Crippen molar-refractivity contribution in [3.05, 3.63) is 125 Å². The first-order valence-corrected chi connectivity index (χ1v) is 14.8. The minimum absolute atomic E-state index is 0.0168. The number of amides is 1. The van der Waals surface area contributed by atoms with E-state index in [9.17, 15) is 4.79 Å². The van der Waals surface area contributed by atoms with E-state index in [2.05, 4.69) is 94.1 Å². The monoisotopic (exact) mass is 559 g/mol. The van der Waals surface area contributed by atoms with Crippen LogP contribution in [0.4, 0.5) is 0 Å². The lowest BCUT2D eigenvalue weighted by molar-refractivity contribution is -0.123. The molecule has 1 aliphatic rings. The molecule has 2 heterocycles. The van der Waals surface area contributed by atoms with Crippen molar-refractivity contribution in [2.45, 2.75) is 50.7 Å². The van der Waals surface area contributed by atoms with Crippen LogP contribution < -0.4 is 15.4 Å². The van der Waals surface area contributed by atoms with Gasteiger partial charge in [0.25, 0.3) is 0 Å². The van der Waals surface area contributed by atoms with Gasteiger partial charge in [-0.3, -0.25) is 4.79 Å². The lowest BCUT2D eigenvalue weighted by Crippen LogP contribution is -2.43. The molecule has 2 atom stereocenters. The summed E-state index contributed by atoms with van der Waals surface area (Å²) in [7, 11) is 1.67. The third kappa shape index (κ3) is 6.52. The molecule has 2 unspecified atom stereocenters. The number of hydrogen-bond donors (Lipinski definition) is 2. The largest absolute Gasteiger partial charge is 0.497 e. The summed E-state index contributed by atoms with van der Waals surface area (Å²) in [6.45, 7) is 1.47. The van der Waals surface area contributed by atoms with Crippen molar-refractivity contribution in [2.24, 2.45) is 0 Å². The summed E-state index contributed by atoms with van der Waals surface area (Å²) in [5, 5.41) is 18.5. The third-order valence-electron chi connectivity index (χ3n) is 8.09. The molecule has 2 N–H and O–H groups in total. The van der Waals surface area contributed by atoms with Crippen LogP contribution in [0.25, 0.3) is 10.8 Å². The van der Waals surface area contributed by atoms with Crippen LogP contribution in [0, 0.1) is 0 Å². The number of ether oxygens (including phenoxy) is 1. The summed E-state index contributed by atoms with van der Waals surface area (Å²) < 4.78 is 7.58. The standard InChI is InChI=1S/C35H37N5O2/c1-42-30-18-14-26(15-19-30)24-40-33(20-16-25-8-3-2-4-9-25)38-39-34(40)32(37-35(41)31-12-7-21-36-31)23-27-13-17-28-10-5-6-11-29(28)22-27/h2-6,8-11,13-15,17-19,22,31-32,36H,7,12,16,20-21,23-24H2,1H3,(H,37,41). The highest BCUT2D eigenvalue weighted by Crippen LogP contribution is 2.24. The molecule has 1 amide bonds. The van der Waals surface area contributed by atoms with Crippen molar-refractivity contribution in [3.63, 3.8) is 0 Å². The van der Waals surface area contributed by atoms with Crippen LogP contribution in [-0.2, 0) is 30.6 Å². The van der Waals surface area contributed by atoms with Crippen molar-refractivity contribution in [1.29, 1.82) is 0 Å². The molecule has 0 radical (unpaired) electrons. The molecule has 0 spiro atoms. The van der Waals surface area contributed by atoms with Crippen LogP contribution in [-0.4, -0.2) is 40.4 Å². The molecule has 0 bridgehead atoms. The molecule has 214 valence electrons. The van der Waals surface area contributed by atoms with Gasteiger partial charge in [0.1, 0.15) is 11.6 Å². The Bertz CT molecular complexity index is 1620. The lowest BCUT2D eigenvalue weighted by Gasteiger charge is -2.22. The van der Waals surface area contributed by atoms with Crippen LogP contribution >= 0.6 is 0 Å². The maximum atomic E-state index is 13.4. The Morgan fingerprint density at radius 2 is 1.67 bits per heavy atom. The highest BCUT2D eigenvalue weighted by Gasteiger charge is 2.28. The van der Waals surface area contributed by atoms with Crippen molar-refractivity contribution >= 4 is 16.7 Å². The molecule has 1 saturated heterocycles. The molecule has 1 aromatic heterocycles. The van der Waals surface area contributed by atoms with Gasteiger partial charge in [-0.25, -0.2) is 0 Å². The number of carbonyl (C=O) groups excluding carboxylic acids is 1.